The third-order valence-corrected chi connectivity index (χ3v) is 2.23. The van der Waals surface area contributed by atoms with Crippen molar-refractivity contribution < 1.29 is 9.53 Å². The highest BCUT2D eigenvalue weighted by molar-refractivity contribution is 5.73. The molecule has 1 heterocycles. The first kappa shape index (κ1) is 10.5. The molecule has 1 rings (SSSR count). The molecule has 2 atom stereocenters. The van der Waals surface area contributed by atoms with Gasteiger partial charge < -0.3 is 15.4 Å². The number of amides is 1. The molecule has 1 saturated heterocycles. The zero-order chi connectivity index (χ0) is 9.68. The first-order chi connectivity index (χ1) is 6.24. The maximum atomic E-state index is 10.9. The number of carbonyl (C=O) groups excluding carboxylic acids is 1. The first-order valence-corrected chi connectivity index (χ1v) is 4.83. The summed E-state index contributed by atoms with van der Waals surface area (Å²) in [7, 11) is 0. The summed E-state index contributed by atoms with van der Waals surface area (Å²) in [6.45, 7) is 6.07. The Hall–Kier alpha value is -0.610. The Morgan fingerprint density at radius 3 is 3.00 bits per heavy atom. The van der Waals surface area contributed by atoms with Crippen LogP contribution in [0.15, 0.2) is 0 Å². The van der Waals surface area contributed by atoms with Crippen molar-refractivity contribution in [2.45, 2.75) is 32.4 Å². The van der Waals surface area contributed by atoms with E-state index in [0.717, 1.165) is 26.1 Å². The van der Waals surface area contributed by atoms with Crippen molar-refractivity contribution >= 4 is 5.91 Å². The standard InChI is InChI=1S/C9H18N2O2/c1-3-8(11-7(2)12)9-6-10-4-5-13-9/h8-10H,3-6H2,1-2H3,(H,11,12). The van der Waals surface area contributed by atoms with E-state index in [2.05, 4.69) is 17.6 Å². The summed E-state index contributed by atoms with van der Waals surface area (Å²) in [6.07, 6.45) is 1.04. The molecule has 0 aliphatic carbocycles. The minimum absolute atomic E-state index is 0.0148. The van der Waals surface area contributed by atoms with E-state index >= 15 is 0 Å². The quantitative estimate of drug-likeness (QED) is 0.646. The molecule has 76 valence electrons. The van der Waals surface area contributed by atoms with Gasteiger partial charge in [-0.25, -0.2) is 0 Å². The summed E-state index contributed by atoms with van der Waals surface area (Å²) >= 11 is 0. The summed E-state index contributed by atoms with van der Waals surface area (Å²) in [5.74, 6) is 0.0148. The number of nitrogens with one attached hydrogen (secondary N) is 2. The fourth-order valence-electron chi connectivity index (χ4n) is 1.56. The SMILES string of the molecule is CCC(NC(C)=O)C1CNCCO1. The van der Waals surface area contributed by atoms with E-state index in [1.807, 2.05) is 0 Å². The van der Waals surface area contributed by atoms with Crippen LogP contribution in [0.5, 0.6) is 0 Å². The number of carbonyl (C=O) groups is 1. The van der Waals surface area contributed by atoms with Crippen molar-refractivity contribution in [3.05, 3.63) is 0 Å². The van der Waals surface area contributed by atoms with Gasteiger partial charge in [-0.2, -0.15) is 0 Å². The number of hydrogen-bond acceptors (Lipinski definition) is 3. The molecule has 1 amide bonds. The van der Waals surface area contributed by atoms with E-state index < -0.39 is 0 Å². The average molecular weight is 186 g/mol. The number of ether oxygens (including phenoxy) is 1. The topological polar surface area (TPSA) is 50.4 Å². The number of rotatable bonds is 3. The first-order valence-electron chi connectivity index (χ1n) is 4.83. The van der Waals surface area contributed by atoms with Crippen molar-refractivity contribution in [3.63, 3.8) is 0 Å². The molecule has 1 fully saturated rings. The lowest BCUT2D eigenvalue weighted by molar-refractivity contribution is -0.121. The lowest BCUT2D eigenvalue weighted by Crippen LogP contribution is -2.51. The van der Waals surface area contributed by atoms with Crippen LogP contribution < -0.4 is 10.6 Å². The van der Waals surface area contributed by atoms with Gasteiger partial charge in [-0.05, 0) is 6.42 Å². The lowest BCUT2D eigenvalue weighted by Gasteiger charge is -2.30. The Bertz CT molecular complexity index is 167. The van der Waals surface area contributed by atoms with Gasteiger partial charge >= 0.3 is 0 Å². The lowest BCUT2D eigenvalue weighted by atomic mass is 10.1. The molecule has 0 aromatic heterocycles. The molecule has 0 bridgehead atoms. The molecule has 13 heavy (non-hydrogen) atoms. The second-order valence-electron chi connectivity index (χ2n) is 3.33. The highest BCUT2D eigenvalue weighted by Crippen LogP contribution is 2.05. The Morgan fingerprint density at radius 1 is 1.77 bits per heavy atom. The van der Waals surface area contributed by atoms with Crippen molar-refractivity contribution in [1.29, 1.82) is 0 Å². The molecule has 0 saturated carbocycles. The fourth-order valence-corrected chi connectivity index (χ4v) is 1.56. The van der Waals surface area contributed by atoms with Crippen LogP contribution in [0.1, 0.15) is 20.3 Å². The van der Waals surface area contributed by atoms with Gasteiger partial charge in [0.1, 0.15) is 0 Å². The molecule has 2 N–H and O–H groups in total. The molecule has 2 unspecified atom stereocenters. The van der Waals surface area contributed by atoms with E-state index in [9.17, 15) is 4.79 Å². The predicted molar refractivity (Wildman–Crippen MR) is 50.5 cm³/mol. The van der Waals surface area contributed by atoms with Crippen LogP contribution in [-0.2, 0) is 9.53 Å². The molecule has 1 aliphatic heterocycles. The number of hydrogen-bond donors (Lipinski definition) is 2. The summed E-state index contributed by atoms with van der Waals surface area (Å²) in [5, 5.41) is 6.14. The summed E-state index contributed by atoms with van der Waals surface area (Å²) in [6, 6.07) is 0.144. The Morgan fingerprint density at radius 2 is 2.54 bits per heavy atom. The van der Waals surface area contributed by atoms with E-state index in [1.54, 1.807) is 6.92 Å². The van der Waals surface area contributed by atoms with E-state index in [4.69, 9.17) is 4.74 Å². The van der Waals surface area contributed by atoms with Crippen LogP contribution in [0.2, 0.25) is 0 Å². The van der Waals surface area contributed by atoms with E-state index in [0.29, 0.717) is 0 Å². The van der Waals surface area contributed by atoms with Crippen molar-refractivity contribution in [3.8, 4) is 0 Å². The maximum Gasteiger partial charge on any atom is 0.217 e. The van der Waals surface area contributed by atoms with Crippen molar-refractivity contribution in [2.75, 3.05) is 19.7 Å². The van der Waals surface area contributed by atoms with Crippen molar-refractivity contribution in [2.24, 2.45) is 0 Å². The molecule has 0 radical (unpaired) electrons. The Kier molecular flexibility index (Phi) is 4.18. The third kappa shape index (κ3) is 3.32. The van der Waals surface area contributed by atoms with Gasteiger partial charge in [0.15, 0.2) is 0 Å². The van der Waals surface area contributed by atoms with Crippen LogP contribution in [0.3, 0.4) is 0 Å². The van der Waals surface area contributed by atoms with Crippen LogP contribution in [0.25, 0.3) is 0 Å². The molecule has 4 heteroatoms. The molecule has 0 spiro atoms. The third-order valence-electron chi connectivity index (χ3n) is 2.23. The normalized spacial score (nSPS) is 25.2. The highest BCUT2D eigenvalue weighted by atomic mass is 16.5. The van der Waals surface area contributed by atoms with Gasteiger partial charge in [-0.15, -0.1) is 0 Å². The molecule has 4 nitrogen and oxygen atoms in total. The molecular weight excluding hydrogens is 168 g/mol. The fraction of sp³-hybridized carbons (Fsp3) is 0.889. The summed E-state index contributed by atoms with van der Waals surface area (Å²) in [4.78, 5) is 10.9. The minimum Gasteiger partial charge on any atom is -0.373 e. The molecule has 0 aromatic rings. The van der Waals surface area contributed by atoms with Gasteiger partial charge in [0.2, 0.25) is 5.91 Å². The van der Waals surface area contributed by atoms with Gasteiger partial charge in [0.25, 0.3) is 0 Å². The Balaban J connectivity index is 2.39. The number of morpholine rings is 1. The maximum absolute atomic E-state index is 10.9. The summed E-state index contributed by atoms with van der Waals surface area (Å²) in [5.41, 5.74) is 0. The molecule has 1 aliphatic rings. The van der Waals surface area contributed by atoms with Crippen molar-refractivity contribution in [1.82, 2.24) is 10.6 Å². The average Bonchev–Trinajstić information content (AvgIpc) is 2.15. The van der Waals surface area contributed by atoms with Gasteiger partial charge in [0, 0.05) is 20.0 Å². The second-order valence-corrected chi connectivity index (χ2v) is 3.33. The van der Waals surface area contributed by atoms with Crippen LogP contribution in [0, 0.1) is 0 Å². The van der Waals surface area contributed by atoms with E-state index in [-0.39, 0.29) is 18.1 Å². The monoisotopic (exact) mass is 186 g/mol. The van der Waals surface area contributed by atoms with Gasteiger partial charge in [0.05, 0.1) is 18.8 Å². The van der Waals surface area contributed by atoms with Crippen LogP contribution in [-0.4, -0.2) is 37.7 Å². The van der Waals surface area contributed by atoms with Crippen LogP contribution in [0.4, 0.5) is 0 Å². The van der Waals surface area contributed by atoms with Crippen LogP contribution >= 0.6 is 0 Å². The molecule has 0 aromatic carbocycles. The zero-order valence-electron chi connectivity index (χ0n) is 8.30. The second kappa shape index (κ2) is 5.19. The minimum atomic E-state index is 0.0148. The highest BCUT2D eigenvalue weighted by Gasteiger charge is 2.23. The summed E-state index contributed by atoms with van der Waals surface area (Å²) < 4.78 is 5.55. The van der Waals surface area contributed by atoms with Gasteiger partial charge in [-0.1, -0.05) is 6.92 Å². The molecular formula is C9H18N2O2. The van der Waals surface area contributed by atoms with E-state index in [1.165, 1.54) is 0 Å². The largest absolute Gasteiger partial charge is 0.373 e. The smallest absolute Gasteiger partial charge is 0.217 e. The van der Waals surface area contributed by atoms with Gasteiger partial charge in [-0.3, -0.25) is 4.79 Å². The predicted octanol–water partition coefficient (Wildman–Crippen LogP) is -0.111. The Labute approximate surface area is 79.0 Å². The zero-order valence-corrected chi connectivity index (χ0v) is 8.30.